The molecule has 26 heavy (non-hydrogen) atoms. The summed E-state index contributed by atoms with van der Waals surface area (Å²) in [6.07, 6.45) is 1.75. The first-order chi connectivity index (χ1) is 12.6. The molecule has 4 rings (SSSR count). The number of amides is 2. The zero-order valence-corrected chi connectivity index (χ0v) is 15.0. The average molecular weight is 372 g/mol. The summed E-state index contributed by atoms with van der Waals surface area (Å²) in [5.41, 5.74) is 2.02. The van der Waals surface area contributed by atoms with Gasteiger partial charge in [0.25, 0.3) is 0 Å². The molecular formula is C18H18ClN5O2. The van der Waals surface area contributed by atoms with Crippen molar-refractivity contribution in [3.63, 3.8) is 0 Å². The number of hydrogen-bond donors (Lipinski definition) is 1. The van der Waals surface area contributed by atoms with E-state index < -0.39 is 11.8 Å². The highest BCUT2D eigenvalue weighted by Gasteiger charge is 2.27. The zero-order chi connectivity index (χ0) is 18.3. The lowest BCUT2D eigenvalue weighted by atomic mass is 10.2. The quantitative estimate of drug-likeness (QED) is 0.703. The first-order valence-corrected chi connectivity index (χ1v) is 8.85. The van der Waals surface area contributed by atoms with Crippen molar-refractivity contribution in [2.45, 2.75) is 26.6 Å². The van der Waals surface area contributed by atoms with Gasteiger partial charge in [-0.1, -0.05) is 17.7 Å². The molecule has 3 aromatic rings. The SMILES string of the molecule is CCn1ccc(NC(=O)C(=O)N2CCn3c(cc4c(Cl)cccc43)C2)n1. The van der Waals surface area contributed by atoms with E-state index in [1.54, 1.807) is 21.8 Å². The third-order valence-corrected chi connectivity index (χ3v) is 4.94. The second-order valence-electron chi connectivity index (χ2n) is 6.20. The summed E-state index contributed by atoms with van der Waals surface area (Å²) in [6, 6.07) is 9.43. The van der Waals surface area contributed by atoms with Crippen LogP contribution < -0.4 is 5.32 Å². The van der Waals surface area contributed by atoms with Crippen LogP contribution in [0.15, 0.2) is 36.5 Å². The number of benzene rings is 1. The van der Waals surface area contributed by atoms with Crippen LogP contribution in [0.2, 0.25) is 5.02 Å². The van der Waals surface area contributed by atoms with Crippen LogP contribution >= 0.6 is 11.6 Å². The fourth-order valence-corrected chi connectivity index (χ4v) is 3.51. The molecule has 3 heterocycles. The maximum atomic E-state index is 12.5. The predicted molar refractivity (Wildman–Crippen MR) is 98.9 cm³/mol. The fourth-order valence-electron chi connectivity index (χ4n) is 3.28. The molecule has 0 saturated heterocycles. The van der Waals surface area contributed by atoms with Crippen LogP contribution in [0.3, 0.4) is 0 Å². The number of carbonyl (C=O) groups excluding carboxylic acids is 2. The van der Waals surface area contributed by atoms with Gasteiger partial charge in [0.15, 0.2) is 5.82 Å². The number of aromatic nitrogens is 3. The van der Waals surface area contributed by atoms with Gasteiger partial charge in [-0.15, -0.1) is 0 Å². The molecular weight excluding hydrogens is 354 g/mol. The lowest BCUT2D eigenvalue weighted by Crippen LogP contribution is -2.43. The van der Waals surface area contributed by atoms with E-state index >= 15 is 0 Å². The number of carbonyl (C=O) groups is 2. The Bertz CT molecular complexity index is 1010. The van der Waals surface area contributed by atoms with Crippen molar-refractivity contribution >= 4 is 40.1 Å². The van der Waals surface area contributed by atoms with E-state index in [2.05, 4.69) is 15.0 Å². The highest BCUT2D eigenvalue weighted by Crippen LogP contribution is 2.29. The van der Waals surface area contributed by atoms with Crippen molar-refractivity contribution in [1.82, 2.24) is 19.2 Å². The number of rotatable bonds is 2. The Morgan fingerprint density at radius 2 is 2.12 bits per heavy atom. The Labute approximate surface area is 155 Å². The van der Waals surface area contributed by atoms with Crippen molar-refractivity contribution in [2.24, 2.45) is 0 Å². The van der Waals surface area contributed by atoms with Gasteiger partial charge in [-0.25, -0.2) is 0 Å². The number of aryl methyl sites for hydroxylation is 1. The molecule has 1 N–H and O–H groups in total. The molecule has 0 saturated carbocycles. The molecule has 0 atom stereocenters. The Morgan fingerprint density at radius 3 is 2.88 bits per heavy atom. The second kappa shape index (κ2) is 6.49. The summed E-state index contributed by atoms with van der Waals surface area (Å²) in [5.74, 6) is -0.851. The Kier molecular flexibility index (Phi) is 4.16. The van der Waals surface area contributed by atoms with E-state index in [4.69, 9.17) is 11.6 Å². The van der Waals surface area contributed by atoms with Gasteiger partial charge >= 0.3 is 11.8 Å². The van der Waals surface area contributed by atoms with Crippen molar-refractivity contribution in [3.05, 3.63) is 47.2 Å². The Morgan fingerprint density at radius 1 is 1.27 bits per heavy atom. The second-order valence-corrected chi connectivity index (χ2v) is 6.60. The third kappa shape index (κ3) is 2.84. The van der Waals surface area contributed by atoms with E-state index in [0.29, 0.717) is 37.0 Å². The minimum absolute atomic E-state index is 0.376. The van der Waals surface area contributed by atoms with E-state index in [9.17, 15) is 9.59 Å². The van der Waals surface area contributed by atoms with Gasteiger partial charge in [0.05, 0.1) is 6.54 Å². The summed E-state index contributed by atoms with van der Waals surface area (Å²) >= 11 is 6.26. The standard InChI is InChI=1S/C18H18ClN5O2/c1-2-23-7-6-16(21-23)20-17(25)18(26)22-8-9-24-12(11-22)10-13-14(19)4-3-5-15(13)24/h3-7,10H,2,8-9,11H2,1H3,(H,20,21,25). The number of anilines is 1. The van der Waals surface area contributed by atoms with Crippen LogP contribution in [0.1, 0.15) is 12.6 Å². The Balaban J connectivity index is 1.51. The van der Waals surface area contributed by atoms with Gasteiger partial charge in [-0.3, -0.25) is 14.3 Å². The summed E-state index contributed by atoms with van der Waals surface area (Å²) < 4.78 is 3.83. The number of halogens is 1. The molecule has 1 aliphatic heterocycles. The Hall–Kier alpha value is -2.80. The summed E-state index contributed by atoms with van der Waals surface area (Å²) in [4.78, 5) is 26.3. The highest BCUT2D eigenvalue weighted by molar-refractivity contribution is 6.39. The normalized spacial score (nSPS) is 13.7. The fraction of sp³-hybridized carbons (Fsp3) is 0.278. The molecule has 1 aromatic carbocycles. The highest BCUT2D eigenvalue weighted by atomic mass is 35.5. The number of nitrogens with one attached hydrogen (secondary N) is 1. The molecule has 0 radical (unpaired) electrons. The van der Waals surface area contributed by atoms with Gasteiger partial charge in [-0.05, 0) is 25.1 Å². The van der Waals surface area contributed by atoms with E-state index in [1.165, 1.54) is 0 Å². The molecule has 0 fully saturated rings. The largest absolute Gasteiger partial charge is 0.341 e. The predicted octanol–water partition coefficient (Wildman–Crippen LogP) is 2.49. The zero-order valence-electron chi connectivity index (χ0n) is 14.3. The van der Waals surface area contributed by atoms with Crippen LogP contribution in [0.4, 0.5) is 5.82 Å². The van der Waals surface area contributed by atoms with E-state index in [-0.39, 0.29) is 0 Å². The van der Waals surface area contributed by atoms with Gasteiger partial charge in [0, 0.05) is 53.5 Å². The number of fused-ring (bicyclic) bond motifs is 3. The first kappa shape index (κ1) is 16.7. The van der Waals surface area contributed by atoms with Crippen molar-refractivity contribution < 1.29 is 9.59 Å². The maximum absolute atomic E-state index is 12.5. The van der Waals surface area contributed by atoms with Crippen LogP contribution in [-0.4, -0.2) is 37.6 Å². The molecule has 2 aromatic heterocycles. The van der Waals surface area contributed by atoms with Gasteiger partial charge in [0.1, 0.15) is 0 Å². The average Bonchev–Trinajstić information content (AvgIpc) is 3.25. The molecule has 0 spiro atoms. The van der Waals surface area contributed by atoms with E-state index in [1.807, 2.05) is 31.2 Å². The summed E-state index contributed by atoms with van der Waals surface area (Å²) in [6.45, 7) is 4.12. The molecule has 134 valence electrons. The van der Waals surface area contributed by atoms with Crippen molar-refractivity contribution in [2.75, 3.05) is 11.9 Å². The number of hydrogen-bond acceptors (Lipinski definition) is 3. The molecule has 2 amide bonds. The van der Waals surface area contributed by atoms with E-state index in [0.717, 1.165) is 16.6 Å². The van der Waals surface area contributed by atoms with Crippen LogP contribution in [0.25, 0.3) is 10.9 Å². The van der Waals surface area contributed by atoms with Gasteiger partial charge in [-0.2, -0.15) is 5.10 Å². The minimum Gasteiger partial charge on any atom is -0.341 e. The lowest BCUT2D eigenvalue weighted by molar-refractivity contribution is -0.144. The topological polar surface area (TPSA) is 72.2 Å². The van der Waals surface area contributed by atoms with Crippen molar-refractivity contribution in [3.8, 4) is 0 Å². The third-order valence-electron chi connectivity index (χ3n) is 4.61. The lowest BCUT2D eigenvalue weighted by Gasteiger charge is -2.28. The molecule has 0 bridgehead atoms. The molecule has 8 heteroatoms. The number of nitrogens with zero attached hydrogens (tertiary/aromatic N) is 4. The van der Waals surface area contributed by atoms with Crippen LogP contribution in [0.5, 0.6) is 0 Å². The minimum atomic E-state index is -0.672. The summed E-state index contributed by atoms with van der Waals surface area (Å²) in [7, 11) is 0. The van der Waals surface area contributed by atoms with Gasteiger partial charge < -0.3 is 14.8 Å². The molecule has 0 aliphatic carbocycles. The summed E-state index contributed by atoms with van der Waals surface area (Å²) in [5, 5.41) is 8.38. The van der Waals surface area contributed by atoms with Crippen LogP contribution in [0, 0.1) is 0 Å². The smallest absolute Gasteiger partial charge is 0.315 e. The molecule has 1 aliphatic rings. The van der Waals surface area contributed by atoms with Crippen molar-refractivity contribution in [1.29, 1.82) is 0 Å². The molecule has 0 unspecified atom stereocenters. The maximum Gasteiger partial charge on any atom is 0.315 e. The monoisotopic (exact) mass is 371 g/mol. The van der Waals surface area contributed by atoms with Crippen LogP contribution in [-0.2, 0) is 29.2 Å². The van der Waals surface area contributed by atoms with Gasteiger partial charge in [0.2, 0.25) is 0 Å². The molecule has 7 nitrogen and oxygen atoms in total. The first-order valence-electron chi connectivity index (χ1n) is 8.47.